The third-order valence-corrected chi connectivity index (χ3v) is 10.9. The Morgan fingerprint density at radius 3 is 0.655 bits per heavy atom. The van der Waals surface area contributed by atoms with Gasteiger partial charge in [0.15, 0.2) is 0 Å². The molecule has 55 heavy (non-hydrogen) atoms. The van der Waals surface area contributed by atoms with Crippen LogP contribution in [0.4, 0.5) is 0 Å². The molecule has 0 spiro atoms. The van der Waals surface area contributed by atoms with E-state index in [4.69, 9.17) is 0 Å². The Bertz CT molecular complexity index is 1840. The Morgan fingerprint density at radius 2 is 0.455 bits per heavy atom. The molecule has 300 valence electrons. The van der Waals surface area contributed by atoms with E-state index < -0.39 is 0 Å². The second-order valence-corrected chi connectivity index (χ2v) is 22.4. The molecule has 4 aromatic carbocycles. The Morgan fingerprint density at radius 1 is 0.273 bits per heavy atom. The second kappa shape index (κ2) is 14.5. The highest BCUT2D eigenvalue weighted by atomic mass is 16.3. The molecule has 0 unspecified atom stereocenters. The number of hydrogen-bond donors (Lipinski definition) is 4. The first-order valence-corrected chi connectivity index (χ1v) is 20.1. The Balaban J connectivity index is 2.01. The van der Waals surface area contributed by atoms with E-state index in [0.717, 1.165) is 66.8 Å². The fourth-order valence-electron chi connectivity index (χ4n) is 7.70. The minimum atomic E-state index is -0.280. The number of phenolic OH excluding ortho intramolecular Hbond substituents is 4. The van der Waals surface area contributed by atoms with E-state index in [1.807, 2.05) is 0 Å². The van der Waals surface area contributed by atoms with Crippen LogP contribution < -0.4 is 0 Å². The van der Waals surface area contributed by atoms with E-state index in [-0.39, 0.29) is 38.2 Å². The molecule has 4 aromatic rings. The average molecular weight is 749 g/mol. The topological polar surface area (TPSA) is 80.9 Å². The zero-order valence-electron chi connectivity index (χ0n) is 37.5. The lowest BCUT2D eigenvalue weighted by Crippen LogP contribution is -2.18. The zero-order chi connectivity index (χ0) is 42.0. The largest absolute Gasteiger partial charge is 0.507 e. The minimum Gasteiger partial charge on any atom is -0.507 e. The van der Waals surface area contributed by atoms with Crippen LogP contribution in [0, 0.1) is 0 Å². The SMILES string of the molecule is CC(C)(C)c1cc(Cc2cc(Cc3cc(C(C)(C)C)c(O)c(C(C)(C)C)c3)c(O)c(Cc3cc(C(C)(C)C)c(O)c(C(C)(C)C)c3)c2)cc(C(C)(C)C)c1O. The summed E-state index contributed by atoms with van der Waals surface area (Å²) in [5.41, 5.74) is 9.72. The van der Waals surface area contributed by atoms with Crippen LogP contribution in [-0.2, 0) is 51.8 Å². The van der Waals surface area contributed by atoms with Crippen molar-refractivity contribution < 1.29 is 20.4 Å². The van der Waals surface area contributed by atoms with Gasteiger partial charge in [-0.15, -0.1) is 0 Å². The highest BCUT2D eigenvalue weighted by Crippen LogP contribution is 2.44. The van der Waals surface area contributed by atoms with Crippen molar-refractivity contribution in [3.63, 3.8) is 0 Å². The standard InChI is InChI=1S/C51H72O4/c1-46(2,3)36-24-31(25-37(43(36)53)47(4,5)6)19-30-20-34(22-32-26-38(48(7,8)9)44(54)39(27-32)49(10,11)12)42(52)35(21-30)23-33-28-40(50(13,14)15)45(55)41(29-33)51(16,17)18/h20-21,24-29,52-55H,19,22-23H2,1-18H3. The van der Waals surface area contributed by atoms with E-state index in [2.05, 4.69) is 173 Å². The number of rotatable bonds is 6. The molecule has 0 aliphatic heterocycles. The number of hydrogen-bond acceptors (Lipinski definition) is 4. The van der Waals surface area contributed by atoms with Crippen molar-refractivity contribution in [1.82, 2.24) is 0 Å². The highest BCUT2D eigenvalue weighted by Gasteiger charge is 2.30. The van der Waals surface area contributed by atoms with Crippen molar-refractivity contribution in [1.29, 1.82) is 0 Å². The molecule has 4 nitrogen and oxygen atoms in total. The van der Waals surface area contributed by atoms with Gasteiger partial charge >= 0.3 is 0 Å². The maximum Gasteiger partial charge on any atom is 0.123 e. The molecule has 0 saturated carbocycles. The normalized spacial score (nSPS) is 13.4. The maximum atomic E-state index is 12.2. The highest BCUT2D eigenvalue weighted by molar-refractivity contribution is 5.56. The van der Waals surface area contributed by atoms with Gasteiger partial charge in [0, 0.05) is 12.8 Å². The van der Waals surface area contributed by atoms with Gasteiger partial charge in [-0.05, 0) is 106 Å². The van der Waals surface area contributed by atoms with Gasteiger partial charge in [-0.3, -0.25) is 0 Å². The molecule has 0 aliphatic rings. The lowest BCUT2D eigenvalue weighted by molar-refractivity contribution is 0.422. The average Bonchev–Trinajstić information content (AvgIpc) is 2.98. The third kappa shape index (κ3) is 9.91. The van der Waals surface area contributed by atoms with Gasteiger partial charge in [-0.25, -0.2) is 0 Å². The van der Waals surface area contributed by atoms with Crippen molar-refractivity contribution in [2.75, 3.05) is 0 Å². The van der Waals surface area contributed by atoms with E-state index in [1.165, 1.54) is 0 Å². The Labute approximate surface area is 334 Å². The van der Waals surface area contributed by atoms with Crippen LogP contribution in [0.2, 0.25) is 0 Å². The number of aromatic hydroxyl groups is 4. The molecule has 0 aromatic heterocycles. The predicted octanol–water partition coefficient (Wildman–Crippen LogP) is 13.1. The van der Waals surface area contributed by atoms with Crippen molar-refractivity contribution >= 4 is 0 Å². The van der Waals surface area contributed by atoms with Crippen LogP contribution in [0.3, 0.4) is 0 Å². The van der Waals surface area contributed by atoms with E-state index in [9.17, 15) is 20.4 Å². The summed E-state index contributed by atoms with van der Waals surface area (Å²) in [6, 6.07) is 17.0. The molecule has 0 radical (unpaired) electrons. The first-order valence-electron chi connectivity index (χ1n) is 20.1. The fraction of sp³-hybridized carbons (Fsp3) is 0.529. The smallest absolute Gasteiger partial charge is 0.123 e. The molecule has 4 N–H and O–H groups in total. The summed E-state index contributed by atoms with van der Waals surface area (Å²) >= 11 is 0. The molecule has 0 saturated heterocycles. The van der Waals surface area contributed by atoms with E-state index in [0.29, 0.717) is 36.5 Å². The van der Waals surface area contributed by atoms with Gasteiger partial charge in [0.1, 0.15) is 23.0 Å². The van der Waals surface area contributed by atoms with Crippen LogP contribution >= 0.6 is 0 Å². The summed E-state index contributed by atoms with van der Waals surface area (Å²) < 4.78 is 0. The van der Waals surface area contributed by atoms with Crippen LogP contribution in [0.1, 0.15) is 191 Å². The van der Waals surface area contributed by atoms with Crippen LogP contribution in [0.25, 0.3) is 0 Å². The molecule has 0 atom stereocenters. The summed E-state index contributed by atoms with van der Waals surface area (Å²) in [5.74, 6) is 1.32. The summed E-state index contributed by atoms with van der Waals surface area (Å²) in [6.45, 7) is 38.3. The lowest BCUT2D eigenvalue weighted by atomic mass is 9.77. The number of phenols is 4. The molecule has 0 fully saturated rings. The van der Waals surface area contributed by atoms with Crippen molar-refractivity contribution in [2.45, 2.75) is 176 Å². The molecule has 0 amide bonds. The first kappa shape index (κ1) is 43.8. The maximum absolute atomic E-state index is 12.2. The quantitative estimate of drug-likeness (QED) is 0.158. The van der Waals surface area contributed by atoms with Gasteiger partial charge in [-0.2, -0.15) is 0 Å². The summed E-state index contributed by atoms with van der Waals surface area (Å²) in [4.78, 5) is 0. The molecule has 0 heterocycles. The number of benzene rings is 4. The molecule has 4 rings (SSSR count). The molecule has 4 heteroatoms. The van der Waals surface area contributed by atoms with Crippen molar-refractivity contribution in [3.8, 4) is 23.0 Å². The molecular formula is C51H72O4. The second-order valence-electron chi connectivity index (χ2n) is 22.4. The molecular weight excluding hydrogens is 677 g/mol. The van der Waals surface area contributed by atoms with Gasteiger partial charge in [-0.1, -0.05) is 173 Å². The fourth-order valence-corrected chi connectivity index (χ4v) is 7.70. The summed E-state index contributed by atoms with van der Waals surface area (Å²) in [7, 11) is 0. The van der Waals surface area contributed by atoms with Gasteiger partial charge in [0.25, 0.3) is 0 Å². The minimum absolute atomic E-state index is 0.256. The summed E-state index contributed by atoms with van der Waals surface area (Å²) in [5, 5.41) is 46.7. The predicted molar refractivity (Wildman–Crippen MR) is 233 cm³/mol. The van der Waals surface area contributed by atoms with Crippen molar-refractivity contribution in [3.05, 3.63) is 115 Å². The van der Waals surface area contributed by atoms with Crippen molar-refractivity contribution in [2.24, 2.45) is 0 Å². The van der Waals surface area contributed by atoms with E-state index >= 15 is 0 Å². The first-order chi connectivity index (χ1) is 24.7. The molecule has 0 bridgehead atoms. The zero-order valence-corrected chi connectivity index (χ0v) is 37.5. The van der Waals surface area contributed by atoms with Gasteiger partial charge < -0.3 is 20.4 Å². The van der Waals surface area contributed by atoms with Crippen LogP contribution in [0.15, 0.2) is 48.5 Å². The van der Waals surface area contributed by atoms with Crippen LogP contribution in [0.5, 0.6) is 23.0 Å². The molecule has 0 aliphatic carbocycles. The lowest BCUT2D eigenvalue weighted by Gasteiger charge is -2.29. The Hall–Kier alpha value is -3.92. The van der Waals surface area contributed by atoms with Gasteiger partial charge in [0.05, 0.1) is 0 Å². The van der Waals surface area contributed by atoms with Crippen LogP contribution in [-0.4, -0.2) is 20.4 Å². The van der Waals surface area contributed by atoms with Gasteiger partial charge in [0.2, 0.25) is 0 Å². The van der Waals surface area contributed by atoms with E-state index in [1.54, 1.807) is 0 Å². The Kier molecular flexibility index (Phi) is 11.6. The third-order valence-electron chi connectivity index (χ3n) is 10.9. The monoisotopic (exact) mass is 749 g/mol. The summed E-state index contributed by atoms with van der Waals surface area (Å²) in [6.07, 6.45) is 1.61.